The molecule has 0 bridgehead atoms. The number of piperidine rings is 1. The van der Waals surface area contributed by atoms with Gasteiger partial charge in [0.25, 0.3) is 0 Å². The molecule has 0 radical (unpaired) electrons. The molecule has 1 atom stereocenters. The van der Waals surface area contributed by atoms with Gasteiger partial charge in [-0.3, -0.25) is 0 Å². The normalized spacial score (nSPS) is 18.4. The lowest BCUT2D eigenvalue weighted by Crippen LogP contribution is -2.29. The Morgan fingerprint density at radius 2 is 1.97 bits per heavy atom. The van der Waals surface area contributed by atoms with Gasteiger partial charge in [-0.2, -0.15) is 0 Å². The number of anilines is 2. The highest BCUT2D eigenvalue weighted by Gasteiger charge is 2.24. The number of carbonyl (C=O) groups is 1. The molecular formula is C25H25FN6O. The topological polar surface area (TPSA) is 83.0 Å². The fraction of sp³-hybridized carbons (Fsp3) is 0.280. The minimum atomic E-state index is -0.551. The maximum Gasteiger partial charge on any atom is 0.146 e. The molecule has 2 aliphatic heterocycles. The fourth-order valence-electron chi connectivity index (χ4n) is 4.54. The minimum absolute atomic E-state index is 0.221. The van der Waals surface area contributed by atoms with E-state index in [0.717, 1.165) is 48.9 Å². The first-order valence-corrected chi connectivity index (χ1v) is 11.1. The lowest BCUT2D eigenvalue weighted by Gasteiger charge is -2.29. The molecule has 5 rings (SSSR count). The third-order valence-electron chi connectivity index (χ3n) is 6.35. The number of fused-ring (bicyclic) bond motifs is 1. The van der Waals surface area contributed by atoms with Gasteiger partial charge in [0.05, 0.1) is 5.69 Å². The summed E-state index contributed by atoms with van der Waals surface area (Å²) in [7, 11) is 2.10. The van der Waals surface area contributed by atoms with Crippen LogP contribution in [0.1, 0.15) is 41.5 Å². The number of aromatic nitrogens is 3. The fourth-order valence-corrected chi connectivity index (χ4v) is 4.54. The van der Waals surface area contributed by atoms with E-state index < -0.39 is 6.04 Å². The molecule has 0 amide bonds. The van der Waals surface area contributed by atoms with E-state index in [1.807, 2.05) is 24.3 Å². The van der Waals surface area contributed by atoms with Gasteiger partial charge in [-0.25, -0.2) is 19.3 Å². The number of benzene rings is 1. The van der Waals surface area contributed by atoms with E-state index in [0.29, 0.717) is 22.8 Å². The molecule has 1 aromatic carbocycles. The second kappa shape index (κ2) is 9.07. The Bertz CT molecular complexity index is 1190. The van der Waals surface area contributed by atoms with E-state index in [1.54, 1.807) is 18.6 Å². The Labute approximate surface area is 191 Å². The molecule has 1 unspecified atom stereocenters. The summed E-state index contributed by atoms with van der Waals surface area (Å²) < 4.78 is 15.1. The summed E-state index contributed by atoms with van der Waals surface area (Å²) >= 11 is 0. The number of nitrogens with one attached hydrogen (secondary N) is 2. The first-order valence-electron chi connectivity index (χ1n) is 11.1. The quantitative estimate of drug-likeness (QED) is 0.575. The smallest absolute Gasteiger partial charge is 0.146 e. The molecule has 2 N–H and O–H groups in total. The number of pyridine rings is 1. The highest BCUT2D eigenvalue weighted by atomic mass is 19.1. The van der Waals surface area contributed by atoms with Gasteiger partial charge in [-0.1, -0.05) is 6.07 Å². The Balaban J connectivity index is 1.50. The number of nitrogens with zero attached hydrogens (tertiary/aromatic N) is 4. The molecule has 7 nitrogen and oxygen atoms in total. The van der Waals surface area contributed by atoms with Gasteiger partial charge >= 0.3 is 0 Å². The second-order valence-corrected chi connectivity index (χ2v) is 8.54. The summed E-state index contributed by atoms with van der Waals surface area (Å²) in [6, 6.07) is 6.61. The summed E-state index contributed by atoms with van der Waals surface area (Å²) in [5.74, 6) is 0.504. The van der Waals surface area contributed by atoms with E-state index in [-0.39, 0.29) is 11.7 Å². The largest absolute Gasteiger partial charge is 0.378 e. The molecule has 0 spiro atoms. The van der Waals surface area contributed by atoms with Crippen LogP contribution >= 0.6 is 0 Å². The third-order valence-corrected chi connectivity index (χ3v) is 6.35. The van der Waals surface area contributed by atoms with Crippen molar-refractivity contribution in [3.8, 4) is 11.3 Å². The Kier molecular flexibility index (Phi) is 5.83. The van der Waals surface area contributed by atoms with Crippen molar-refractivity contribution >= 4 is 23.9 Å². The van der Waals surface area contributed by atoms with Crippen LogP contribution in [0.2, 0.25) is 0 Å². The number of rotatable bonds is 5. The molecule has 2 aliphatic rings. The average molecular weight is 445 g/mol. The first kappa shape index (κ1) is 21.2. The Hall–Kier alpha value is -3.65. The van der Waals surface area contributed by atoms with Gasteiger partial charge in [0, 0.05) is 29.2 Å². The maximum atomic E-state index is 15.1. The van der Waals surface area contributed by atoms with Crippen LogP contribution in [-0.2, 0) is 4.79 Å². The average Bonchev–Trinajstić information content (AvgIpc) is 2.85. The number of aldehydes is 1. The number of hydrogen-bond donors (Lipinski definition) is 2. The lowest BCUT2D eigenvalue weighted by atomic mass is 9.89. The minimum Gasteiger partial charge on any atom is -0.378 e. The van der Waals surface area contributed by atoms with Crippen LogP contribution in [-0.4, -0.2) is 46.3 Å². The molecule has 2 aromatic heterocycles. The zero-order valence-corrected chi connectivity index (χ0v) is 18.3. The van der Waals surface area contributed by atoms with E-state index in [4.69, 9.17) is 4.98 Å². The molecule has 0 aliphatic carbocycles. The van der Waals surface area contributed by atoms with Crippen LogP contribution in [0.5, 0.6) is 0 Å². The van der Waals surface area contributed by atoms with Gasteiger partial charge in [0.1, 0.15) is 30.3 Å². The van der Waals surface area contributed by atoms with Crippen molar-refractivity contribution in [1.82, 2.24) is 25.2 Å². The number of carbonyl (C=O) groups excluding carboxylic acids is 1. The van der Waals surface area contributed by atoms with Crippen molar-refractivity contribution in [2.45, 2.75) is 24.8 Å². The van der Waals surface area contributed by atoms with Gasteiger partial charge in [-0.15, -0.1) is 0 Å². The molecule has 168 valence electrons. The molecule has 0 saturated carbocycles. The predicted molar refractivity (Wildman–Crippen MR) is 125 cm³/mol. The SMILES string of the molecule is CN1CCC(c2ccc(Nc3nc(-c4cncnc4)cc4c3C(C=O)NC=C4)cc2F)CC1. The molecule has 33 heavy (non-hydrogen) atoms. The van der Waals surface area contributed by atoms with Gasteiger partial charge in [0.2, 0.25) is 0 Å². The maximum absolute atomic E-state index is 15.1. The van der Waals surface area contributed by atoms with Crippen molar-refractivity contribution < 1.29 is 9.18 Å². The molecule has 4 heterocycles. The van der Waals surface area contributed by atoms with Gasteiger partial charge < -0.3 is 20.3 Å². The van der Waals surface area contributed by atoms with Crippen molar-refractivity contribution in [3.63, 3.8) is 0 Å². The van der Waals surface area contributed by atoms with E-state index in [2.05, 4.69) is 32.5 Å². The van der Waals surface area contributed by atoms with Crippen molar-refractivity contribution in [2.75, 3.05) is 25.5 Å². The predicted octanol–water partition coefficient (Wildman–Crippen LogP) is 4.04. The first-order chi connectivity index (χ1) is 16.1. The molecule has 3 aromatic rings. The number of halogens is 1. The van der Waals surface area contributed by atoms with E-state index >= 15 is 4.39 Å². The Morgan fingerprint density at radius 1 is 1.18 bits per heavy atom. The zero-order chi connectivity index (χ0) is 22.8. The van der Waals surface area contributed by atoms with E-state index in [9.17, 15) is 4.79 Å². The molecule has 1 fully saturated rings. The standard InChI is InChI=1S/C25H25FN6O/c1-32-8-5-16(6-9-32)20-3-2-19(11-21(20)26)30-25-24-17(4-7-29-23(24)14-33)10-22(31-25)18-12-27-15-28-13-18/h2-4,7,10-16,23,29H,5-6,8-9H2,1H3,(H,30,31). The van der Waals surface area contributed by atoms with Crippen molar-refractivity contribution in [1.29, 1.82) is 0 Å². The van der Waals surface area contributed by atoms with Gasteiger partial charge in [0.15, 0.2) is 0 Å². The highest BCUT2D eigenvalue weighted by molar-refractivity contribution is 5.79. The second-order valence-electron chi connectivity index (χ2n) is 8.54. The Morgan fingerprint density at radius 3 is 2.70 bits per heavy atom. The van der Waals surface area contributed by atoms with Crippen molar-refractivity contribution in [3.05, 3.63) is 71.7 Å². The zero-order valence-electron chi connectivity index (χ0n) is 18.3. The highest BCUT2D eigenvalue weighted by Crippen LogP contribution is 2.35. The van der Waals surface area contributed by atoms with Crippen LogP contribution in [0.25, 0.3) is 17.3 Å². The monoisotopic (exact) mass is 444 g/mol. The molecule has 1 saturated heterocycles. The van der Waals surface area contributed by atoms with Crippen LogP contribution in [0.3, 0.4) is 0 Å². The molecule has 8 heteroatoms. The van der Waals surface area contributed by atoms with Crippen LogP contribution in [0.4, 0.5) is 15.9 Å². The lowest BCUT2D eigenvalue weighted by molar-refractivity contribution is -0.109. The summed E-state index contributed by atoms with van der Waals surface area (Å²) in [6.07, 6.45) is 11.2. The number of likely N-dealkylation sites (tertiary alicyclic amines) is 1. The van der Waals surface area contributed by atoms with Crippen LogP contribution < -0.4 is 10.6 Å². The van der Waals surface area contributed by atoms with Gasteiger partial charge in [-0.05, 0) is 80.5 Å². The van der Waals surface area contributed by atoms with Crippen molar-refractivity contribution in [2.24, 2.45) is 0 Å². The van der Waals surface area contributed by atoms with Crippen LogP contribution in [0.15, 0.2) is 49.2 Å². The summed E-state index contributed by atoms with van der Waals surface area (Å²) in [5, 5.41) is 6.30. The summed E-state index contributed by atoms with van der Waals surface area (Å²) in [4.78, 5) is 26.9. The summed E-state index contributed by atoms with van der Waals surface area (Å²) in [6.45, 7) is 1.95. The van der Waals surface area contributed by atoms with Crippen LogP contribution in [0, 0.1) is 5.82 Å². The third kappa shape index (κ3) is 4.34. The molecular weight excluding hydrogens is 419 g/mol. The summed E-state index contributed by atoms with van der Waals surface area (Å²) in [5.41, 5.74) is 4.32. The number of hydrogen-bond acceptors (Lipinski definition) is 7. The van der Waals surface area contributed by atoms with E-state index in [1.165, 1.54) is 12.4 Å².